The zero-order chi connectivity index (χ0) is 47.0. The Labute approximate surface area is 379 Å². The molecule has 3 fully saturated rings. The number of anilines is 1. The first-order valence-electron chi connectivity index (χ1n) is 20.2. The predicted octanol–water partition coefficient (Wildman–Crippen LogP) is 1.17. The molecular weight excluding hydrogens is 922 g/mol. The number of morpholine rings is 3. The minimum atomic E-state index is -3.80. The molecule has 26 heteroatoms. The molecule has 0 saturated carbocycles. The molecule has 3 saturated heterocycles. The minimum Gasteiger partial charge on any atom is -0.399 e. The van der Waals surface area contributed by atoms with Crippen molar-refractivity contribution in [1.29, 1.82) is 0 Å². The first-order chi connectivity index (χ1) is 30.4. The number of nitro benzene ring substituents is 2. The van der Waals surface area contributed by atoms with Gasteiger partial charge in [0.15, 0.2) is 0 Å². The fraction of sp³-hybridized carbons (Fsp3) is 0.526. The van der Waals surface area contributed by atoms with Gasteiger partial charge in [-0.3, -0.25) is 34.9 Å². The Morgan fingerprint density at radius 2 is 0.891 bits per heavy atom. The smallest absolute Gasteiger partial charge is 0.269 e. The minimum absolute atomic E-state index is 0.0175. The lowest BCUT2D eigenvalue weighted by Crippen LogP contribution is -2.41. The number of ether oxygens (including phenoxy) is 3. The predicted molar refractivity (Wildman–Crippen MR) is 242 cm³/mol. The Bertz CT molecular complexity index is 2170. The standard InChI is InChI=1S/C13H19N3O5S.C13H21N3O3S.C6H4ClNO4S.C6H14N2O/c17-16(18)13-3-1-12(2-4-13)11-22(19,20)14-5-6-15-7-9-21-10-8-15;14-13-3-1-12(2-4-13)11-20(17,18)15-5-6-16-7-9-19-10-8-16;7-13(11,12)6-3-1-5(2-4-6)8(9)10;7-1-2-8-3-5-9-6-4-8/h1-4,14H,5-11H2;1-4,15H,5-11,14H2;1-4H;1-7H2. The van der Waals surface area contributed by atoms with Crippen molar-refractivity contribution in [2.75, 3.05) is 124 Å². The SMILES string of the molecule is NCCN1CCOCC1.Nc1ccc(CS(=O)(=O)NCCN2CCOCC2)cc1.O=[N+]([O-])c1ccc(CS(=O)(=O)NCCN2CCOCC2)cc1.O=[N+]([O-])c1ccc(S(=O)(=O)Cl)cc1. The molecule has 6 rings (SSSR count). The third kappa shape index (κ3) is 22.8. The number of halogens is 1. The average molecular weight is 981 g/mol. The van der Waals surface area contributed by atoms with Gasteiger partial charge in [0.1, 0.15) is 0 Å². The van der Waals surface area contributed by atoms with Gasteiger partial charge in [0.25, 0.3) is 20.4 Å². The number of nitrogens with one attached hydrogen (secondary N) is 2. The van der Waals surface area contributed by atoms with Crippen molar-refractivity contribution >= 4 is 56.8 Å². The maximum atomic E-state index is 12.0. The Hall–Kier alpha value is -3.96. The van der Waals surface area contributed by atoms with Gasteiger partial charge < -0.3 is 25.7 Å². The van der Waals surface area contributed by atoms with Crippen LogP contribution in [0.3, 0.4) is 0 Å². The number of nitro groups is 2. The van der Waals surface area contributed by atoms with Gasteiger partial charge in [0.2, 0.25) is 20.0 Å². The zero-order valence-corrected chi connectivity index (χ0v) is 38.6. The van der Waals surface area contributed by atoms with Crippen molar-refractivity contribution in [3.05, 3.63) is 104 Å². The third-order valence-electron chi connectivity index (χ3n) is 9.43. The Kier molecular flexibility index (Phi) is 23.9. The number of hydrogen-bond acceptors (Lipinski definition) is 18. The van der Waals surface area contributed by atoms with Crippen molar-refractivity contribution in [1.82, 2.24) is 24.1 Å². The van der Waals surface area contributed by atoms with E-state index in [1.165, 1.54) is 24.3 Å². The Morgan fingerprint density at radius 1 is 0.562 bits per heavy atom. The Morgan fingerprint density at radius 3 is 1.22 bits per heavy atom. The topological polar surface area (TPSA) is 302 Å². The molecular formula is C38H58ClN9O13S3. The molecule has 0 unspecified atom stereocenters. The van der Waals surface area contributed by atoms with Crippen molar-refractivity contribution in [3.63, 3.8) is 0 Å². The second kappa shape index (κ2) is 28.2. The number of sulfonamides is 2. The molecule has 3 heterocycles. The van der Waals surface area contributed by atoms with Crippen LogP contribution in [0, 0.1) is 20.2 Å². The monoisotopic (exact) mass is 979 g/mol. The van der Waals surface area contributed by atoms with E-state index < -0.39 is 38.9 Å². The van der Waals surface area contributed by atoms with Gasteiger partial charge >= 0.3 is 0 Å². The normalized spacial score (nSPS) is 16.5. The van der Waals surface area contributed by atoms with Crippen LogP contribution in [0.15, 0.2) is 77.7 Å². The molecule has 0 atom stereocenters. The molecule has 3 aliphatic heterocycles. The number of benzene rings is 3. The summed E-state index contributed by atoms with van der Waals surface area (Å²) in [5.41, 5.74) is 12.6. The van der Waals surface area contributed by atoms with Crippen LogP contribution in [0.4, 0.5) is 17.1 Å². The first-order valence-corrected chi connectivity index (χ1v) is 25.8. The highest BCUT2D eigenvalue weighted by Gasteiger charge is 2.17. The molecule has 0 aliphatic carbocycles. The molecule has 22 nitrogen and oxygen atoms in total. The average Bonchev–Trinajstić information content (AvgIpc) is 3.26. The third-order valence-corrected chi connectivity index (χ3v) is 13.5. The quantitative estimate of drug-likeness (QED) is 0.0639. The van der Waals surface area contributed by atoms with E-state index in [1.54, 1.807) is 24.3 Å². The molecule has 0 aromatic heterocycles. The van der Waals surface area contributed by atoms with Crippen molar-refractivity contribution < 1.29 is 49.3 Å². The highest BCUT2D eigenvalue weighted by Crippen LogP contribution is 2.19. The second-order valence-corrected chi connectivity index (χ2v) is 20.5. The van der Waals surface area contributed by atoms with Crippen LogP contribution in [0.5, 0.6) is 0 Å². The summed E-state index contributed by atoms with van der Waals surface area (Å²) in [4.78, 5) is 26.1. The van der Waals surface area contributed by atoms with Gasteiger partial charge in [0, 0.05) is 119 Å². The summed E-state index contributed by atoms with van der Waals surface area (Å²) in [6.45, 7) is 13.9. The summed E-state index contributed by atoms with van der Waals surface area (Å²) in [7, 11) is -5.55. The van der Waals surface area contributed by atoms with Crippen molar-refractivity contribution in [3.8, 4) is 0 Å². The Balaban J connectivity index is 0.000000238. The van der Waals surface area contributed by atoms with Crippen LogP contribution in [-0.2, 0) is 54.8 Å². The lowest BCUT2D eigenvalue weighted by Gasteiger charge is -2.26. The molecule has 0 spiro atoms. The summed E-state index contributed by atoms with van der Waals surface area (Å²) in [6, 6.07) is 16.7. The highest BCUT2D eigenvalue weighted by molar-refractivity contribution is 8.13. The summed E-state index contributed by atoms with van der Waals surface area (Å²) >= 11 is 0. The van der Waals surface area contributed by atoms with Crippen LogP contribution < -0.4 is 20.9 Å². The van der Waals surface area contributed by atoms with Gasteiger partial charge in [0.05, 0.1) is 65.9 Å². The van der Waals surface area contributed by atoms with Gasteiger partial charge in [-0.15, -0.1) is 0 Å². The number of nitrogens with two attached hydrogens (primary N) is 2. The molecule has 3 aliphatic rings. The molecule has 0 radical (unpaired) electrons. The summed E-state index contributed by atoms with van der Waals surface area (Å²) in [5.74, 6) is -0.204. The summed E-state index contributed by atoms with van der Waals surface area (Å²) < 4.78 is 90.1. The molecule has 0 amide bonds. The van der Waals surface area contributed by atoms with E-state index in [0.717, 1.165) is 109 Å². The van der Waals surface area contributed by atoms with Crippen LogP contribution >= 0.6 is 10.7 Å². The maximum absolute atomic E-state index is 12.0. The fourth-order valence-electron chi connectivity index (χ4n) is 5.97. The maximum Gasteiger partial charge on any atom is 0.269 e. The van der Waals surface area contributed by atoms with Crippen molar-refractivity contribution in [2.45, 2.75) is 16.4 Å². The van der Waals surface area contributed by atoms with E-state index >= 15 is 0 Å². The number of nitrogens with zero attached hydrogens (tertiary/aromatic N) is 5. The van der Waals surface area contributed by atoms with E-state index in [4.69, 9.17) is 36.4 Å². The summed E-state index contributed by atoms with van der Waals surface area (Å²) in [6.07, 6.45) is 0. The number of hydrogen-bond donors (Lipinski definition) is 4. The second-order valence-electron chi connectivity index (χ2n) is 14.3. The largest absolute Gasteiger partial charge is 0.399 e. The molecule has 3 aromatic rings. The zero-order valence-electron chi connectivity index (χ0n) is 35.4. The first kappa shape index (κ1) is 54.4. The highest BCUT2D eigenvalue weighted by atomic mass is 35.7. The van der Waals surface area contributed by atoms with Crippen LogP contribution in [-0.4, -0.2) is 168 Å². The fourth-order valence-corrected chi connectivity index (χ4v) is 9.02. The van der Waals surface area contributed by atoms with Crippen LogP contribution in [0.25, 0.3) is 0 Å². The van der Waals surface area contributed by atoms with Crippen molar-refractivity contribution in [2.24, 2.45) is 5.73 Å². The molecule has 64 heavy (non-hydrogen) atoms. The van der Waals surface area contributed by atoms with Gasteiger partial charge in [-0.25, -0.2) is 34.7 Å². The van der Waals surface area contributed by atoms with Crippen LogP contribution in [0.2, 0.25) is 0 Å². The molecule has 3 aromatic carbocycles. The van der Waals surface area contributed by atoms with E-state index in [-0.39, 0.29) is 27.8 Å². The van der Waals surface area contributed by atoms with E-state index in [2.05, 4.69) is 24.1 Å². The van der Waals surface area contributed by atoms with Crippen LogP contribution in [0.1, 0.15) is 11.1 Å². The number of non-ortho nitro benzene ring substituents is 2. The molecule has 358 valence electrons. The van der Waals surface area contributed by atoms with E-state index in [9.17, 15) is 45.5 Å². The lowest BCUT2D eigenvalue weighted by atomic mass is 10.2. The van der Waals surface area contributed by atoms with Gasteiger partial charge in [-0.1, -0.05) is 24.3 Å². The number of nitrogen functional groups attached to an aromatic ring is 1. The van der Waals surface area contributed by atoms with E-state index in [0.29, 0.717) is 50.6 Å². The molecule has 0 bridgehead atoms. The molecule has 6 N–H and O–H groups in total. The van der Waals surface area contributed by atoms with Gasteiger partial charge in [-0.2, -0.15) is 0 Å². The van der Waals surface area contributed by atoms with Gasteiger partial charge in [-0.05, 0) is 35.4 Å². The number of rotatable bonds is 17. The lowest BCUT2D eigenvalue weighted by molar-refractivity contribution is -0.385. The van der Waals surface area contributed by atoms with E-state index in [1.807, 2.05) is 0 Å². The summed E-state index contributed by atoms with van der Waals surface area (Å²) in [5, 5.41) is 20.7.